The average Bonchev–Trinajstić information content (AvgIpc) is 2.66. The molecule has 2 rings (SSSR count). The quantitative estimate of drug-likeness (QED) is 0.265. The minimum Gasteiger partial charge on any atom is -0.480 e. The highest BCUT2D eigenvalue weighted by molar-refractivity contribution is 5.95. The van der Waals surface area contributed by atoms with Crippen molar-refractivity contribution in [3.8, 4) is 0 Å². The molecule has 0 atom stereocenters. The van der Waals surface area contributed by atoms with Gasteiger partial charge in [0.25, 0.3) is 0 Å². The van der Waals surface area contributed by atoms with E-state index in [9.17, 15) is 14.4 Å². The molecular weight excluding hydrogens is 352 g/mol. The molecule has 0 aliphatic carbocycles. The molecule has 1 aromatic rings. The zero-order chi connectivity index (χ0) is 19.9. The highest BCUT2D eigenvalue weighted by atomic mass is 16.5. The van der Waals surface area contributed by atoms with Gasteiger partial charge in [0.15, 0.2) is 0 Å². The SMILES string of the molecule is N=C(N)c1ccc(CC(=O)N2CCC(CNC=O)(OCC(=O)O)CC2)cc1. The maximum Gasteiger partial charge on any atom is 0.329 e. The summed E-state index contributed by atoms with van der Waals surface area (Å²) in [5, 5.41) is 18.8. The van der Waals surface area contributed by atoms with Crippen molar-refractivity contribution in [1.82, 2.24) is 10.2 Å². The summed E-state index contributed by atoms with van der Waals surface area (Å²) in [6.45, 7) is 0.602. The number of carboxylic acids is 1. The number of amides is 2. The van der Waals surface area contributed by atoms with Gasteiger partial charge in [0.2, 0.25) is 12.3 Å². The van der Waals surface area contributed by atoms with Crippen LogP contribution in [0.15, 0.2) is 24.3 Å². The van der Waals surface area contributed by atoms with Crippen LogP contribution in [0, 0.1) is 5.41 Å². The highest BCUT2D eigenvalue weighted by Crippen LogP contribution is 2.26. The fraction of sp³-hybridized carbons (Fsp3) is 0.444. The summed E-state index contributed by atoms with van der Waals surface area (Å²) in [4.78, 5) is 35.6. The van der Waals surface area contributed by atoms with E-state index in [0.717, 1.165) is 5.56 Å². The van der Waals surface area contributed by atoms with Crippen molar-refractivity contribution in [3.63, 3.8) is 0 Å². The topological polar surface area (TPSA) is 146 Å². The van der Waals surface area contributed by atoms with E-state index in [-0.39, 0.29) is 24.7 Å². The summed E-state index contributed by atoms with van der Waals surface area (Å²) >= 11 is 0. The Labute approximate surface area is 157 Å². The second-order valence-corrected chi connectivity index (χ2v) is 6.53. The van der Waals surface area contributed by atoms with Crippen LogP contribution in [0.2, 0.25) is 0 Å². The second kappa shape index (κ2) is 9.13. The van der Waals surface area contributed by atoms with E-state index in [4.69, 9.17) is 21.0 Å². The van der Waals surface area contributed by atoms with Crippen LogP contribution in [0.3, 0.4) is 0 Å². The lowest BCUT2D eigenvalue weighted by Crippen LogP contribution is -2.53. The monoisotopic (exact) mass is 376 g/mol. The van der Waals surface area contributed by atoms with Gasteiger partial charge in [-0.25, -0.2) is 4.79 Å². The maximum absolute atomic E-state index is 12.5. The molecule has 0 unspecified atom stereocenters. The second-order valence-electron chi connectivity index (χ2n) is 6.53. The Hall–Kier alpha value is -2.94. The summed E-state index contributed by atoms with van der Waals surface area (Å²) < 4.78 is 5.53. The van der Waals surface area contributed by atoms with Crippen molar-refractivity contribution in [2.24, 2.45) is 5.73 Å². The molecule has 1 saturated heterocycles. The molecule has 2 amide bonds. The first kappa shape index (κ1) is 20.4. The number of nitrogens with one attached hydrogen (secondary N) is 2. The first-order valence-corrected chi connectivity index (χ1v) is 8.59. The van der Waals surface area contributed by atoms with Gasteiger partial charge in [-0.3, -0.25) is 15.0 Å². The number of carboxylic acid groups (broad SMARTS) is 1. The zero-order valence-electron chi connectivity index (χ0n) is 14.9. The molecule has 0 spiro atoms. The van der Waals surface area contributed by atoms with Gasteiger partial charge < -0.3 is 25.8 Å². The third-order valence-corrected chi connectivity index (χ3v) is 4.66. The maximum atomic E-state index is 12.5. The lowest BCUT2D eigenvalue weighted by Gasteiger charge is -2.41. The van der Waals surface area contributed by atoms with Crippen molar-refractivity contribution in [1.29, 1.82) is 5.41 Å². The standard InChI is InChI=1S/C18H24N4O5/c19-17(20)14-3-1-13(2-4-14)9-15(24)22-7-5-18(6-8-22,11-21-12-23)27-10-16(25)26/h1-4,12H,5-11H2,(H3,19,20)(H,21,23)(H,25,26). The van der Waals surface area contributed by atoms with Crippen molar-refractivity contribution in [2.75, 3.05) is 26.2 Å². The third-order valence-electron chi connectivity index (χ3n) is 4.66. The van der Waals surface area contributed by atoms with E-state index in [1.54, 1.807) is 29.2 Å². The molecule has 1 heterocycles. The Morgan fingerprint density at radius 1 is 1.30 bits per heavy atom. The number of rotatable bonds is 9. The van der Waals surface area contributed by atoms with E-state index in [2.05, 4.69) is 5.32 Å². The van der Waals surface area contributed by atoms with Gasteiger partial charge in [0, 0.05) is 25.2 Å². The zero-order valence-corrected chi connectivity index (χ0v) is 14.9. The number of hydrogen-bond donors (Lipinski definition) is 4. The molecule has 1 aliphatic rings. The number of nitrogens with two attached hydrogens (primary N) is 1. The van der Waals surface area contributed by atoms with Gasteiger partial charge in [-0.15, -0.1) is 0 Å². The largest absolute Gasteiger partial charge is 0.480 e. The highest BCUT2D eigenvalue weighted by Gasteiger charge is 2.37. The van der Waals surface area contributed by atoms with Crippen LogP contribution in [0.25, 0.3) is 0 Å². The third kappa shape index (κ3) is 5.78. The van der Waals surface area contributed by atoms with Gasteiger partial charge in [-0.05, 0) is 18.4 Å². The van der Waals surface area contributed by atoms with E-state index in [1.165, 1.54) is 0 Å². The number of hydrogen-bond acceptors (Lipinski definition) is 5. The minimum absolute atomic E-state index is 0.0226. The van der Waals surface area contributed by atoms with E-state index >= 15 is 0 Å². The number of carbonyl (C=O) groups excluding carboxylic acids is 2. The Balaban J connectivity index is 1.93. The molecule has 9 nitrogen and oxygen atoms in total. The molecule has 5 N–H and O–H groups in total. The molecule has 0 saturated carbocycles. The molecule has 1 aromatic carbocycles. The van der Waals surface area contributed by atoms with E-state index < -0.39 is 18.2 Å². The smallest absolute Gasteiger partial charge is 0.329 e. The Kier molecular flexibility index (Phi) is 6.89. The van der Waals surface area contributed by atoms with Crippen LogP contribution in [0.5, 0.6) is 0 Å². The van der Waals surface area contributed by atoms with E-state index in [1.807, 2.05) is 0 Å². The summed E-state index contributed by atoms with van der Waals surface area (Å²) in [5.74, 6) is -1.14. The van der Waals surface area contributed by atoms with Gasteiger partial charge in [0.05, 0.1) is 12.0 Å². The molecule has 1 fully saturated rings. The lowest BCUT2D eigenvalue weighted by molar-refractivity contribution is -0.156. The number of nitrogen functional groups attached to an aromatic ring is 1. The average molecular weight is 376 g/mol. The van der Waals surface area contributed by atoms with Crippen molar-refractivity contribution >= 4 is 24.1 Å². The minimum atomic E-state index is -1.08. The number of benzene rings is 1. The summed E-state index contributed by atoms with van der Waals surface area (Å²) in [7, 11) is 0. The summed E-state index contributed by atoms with van der Waals surface area (Å²) in [5.41, 5.74) is 6.07. The fourth-order valence-electron chi connectivity index (χ4n) is 3.07. The predicted octanol–water partition coefficient (Wildman–Crippen LogP) is -0.278. The predicted molar refractivity (Wildman–Crippen MR) is 97.4 cm³/mol. The number of ether oxygens (including phenoxy) is 1. The molecule has 0 radical (unpaired) electrons. The van der Waals surface area contributed by atoms with Crippen LogP contribution in [0.1, 0.15) is 24.0 Å². The van der Waals surface area contributed by atoms with Crippen LogP contribution < -0.4 is 11.1 Å². The Morgan fingerprint density at radius 3 is 2.44 bits per heavy atom. The molecule has 9 heteroatoms. The van der Waals surface area contributed by atoms with Crippen LogP contribution in [-0.2, 0) is 25.5 Å². The lowest BCUT2D eigenvalue weighted by atomic mass is 9.90. The van der Waals surface area contributed by atoms with E-state index in [0.29, 0.717) is 37.9 Å². The van der Waals surface area contributed by atoms with Crippen LogP contribution >= 0.6 is 0 Å². The number of aliphatic carboxylic acids is 1. The van der Waals surface area contributed by atoms with Crippen LogP contribution in [0.4, 0.5) is 0 Å². The van der Waals surface area contributed by atoms with Crippen molar-refractivity contribution in [2.45, 2.75) is 24.9 Å². The summed E-state index contributed by atoms with van der Waals surface area (Å²) in [6.07, 6.45) is 1.66. The van der Waals surface area contributed by atoms with Gasteiger partial charge in [-0.1, -0.05) is 24.3 Å². The number of likely N-dealkylation sites (tertiary alicyclic amines) is 1. The molecule has 27 heavy (non-hydrogen) atoms. The molecule has 146 valence electrons. The van der Waals surface area contributed by atoms with Gasteiger partial charge in [0.1, 0.15) is 12.4 Å². The first-order valence-electron chi connectivity index (χ1n) is 8.59. The van der Waals surface area contributed by atoms with Crippen molar-refractivity contribution in [3.05, 3.63) is 35.4 Å². The number of nitrogens with zero attached hydrogens (tertiary/aromatic N) is 1. The normalized spacial score (nSPS) is 15.8. The number of carbonyl (C=O) groups is 3. The number of piperidine rings is 1. The van der Waals surface area contributed by atoms with Gasteiger partial charge in [-0.2, -0.15) is 0 Å². The molecule has 0 aromatic heterocycles. The van der Waals surface area contributed by atoms with Gasteiger partial charge >= 0.3 is 5.97 Å². The van der Waals surface area contributed by atoms with Crippen LogP contribution in [-0.4, -0.2) is 66.0 Å². The molecule has 0 bridgehead atoms. The van der Waals surface area contributed by atoms with Crippen molar-refractivity contribution < 1.29 is 24.2 Å². The number of amidine groups is 1. The fourth-order valence-corrected chi connectivity index (χ4v) is 3.07. The Bertz CT molecular complexity index is 696. The Morgan fingerprint density at radius 2 is 1.93 bits per heavy atom. The molecule has 1 aliphatic heterocycles. The first-order chi connectivity index (χ1) is 12.8. The summed E-state index contributed by atoms with van der Waals surface area (Å²) in [6, 6.07) is 6.95. The molecular formula is C18H24N4O5.